The second-order valence-corrected chi connectivity index (χ2v) is 10.1. The molecule has 0 spiro atoms. The number of hydrogen-bond donors (Lipinski definition) is 3. The number of amides is 1. The third-order valence-corrected chi connectivity index (χ3v) is 8.12. The van der Waals surface area contributed by atoms with Gasteiger partial charge in [0.1, 0.15) is 5.82 Å². The van der Waals surface area contributed by atoms with Crippen molar-refractivity contribution in [1.29, 1.82) is 0 Å². The molecule has 3 aromatic rings. The Balaban J connectivity index is 1.25. The van der Waals surface area contributed by atoms with Crippen molar-refractivity contribution in [2.75, 3.05) is 18.4 Å². The quantitative estimate of drug-likeness (QED) is 0.569. The first-order valence-electron chi connectivity index (χ1n) is 10.4. The molecule has 1 aliphatic heterocycles. The van der Waals surface area contributed by atoms with Gasteiger partial charge < -0.3 is 10.3 Å². The highest BCUT2D eigenvalue weighted by atomic mass is 32.2. The van der Waals surface area contributed by atoms with Gasteiger partial charge >= 0.3 is 0 Å². The molecule has 10 heteroatoms. The number of aryl methyl sites for hydroxylation is 2. The van der Waals surface area contributed by atoms with Crippen LogP contribution in [0.5, 0.6) is 0 Å². The van der Waals surface area contributed by atoms with Crippen LogP contribution in [0, 0.1) is 5.92 Å². The van der Waals surface area contributed by atoms with Gasteiger partial charge in [-0.05, 0) is 61.4 Å². The van der Waals surface area contributed by atoms with Gasteiger partial charge in [0.05, 0.1) is 10.3 Å². The fraction of sp³-hybridized carbons (Fsp3) is 0.381. The average molecular weight is 442 g/mol. The van der Waals surface area contributed by atoms with E-state index in [1.54, 1.807) is 12.1 Å². The SMILES string of the molecule is O=C(Nc1[nH]nc2[nH]c(=O)ccc12)C1CCN(S(=O)(=O)c2ccc3c(c2)CCC3)CC1. The van der Waals surface area contributed by atoms with Crippen molar-refractivity contribution in [2.24, 2.45) is 5.92 Å². The van der Waals surface area contributed by atoms with Crippen molar-refractivity contribution >= 4 is 32.8 Å². The molecule has 3 heterocycles. The first-order valence-corrected chi connectivity index (χ1v) is 11.9. The molecule has 2 aromatic heterocycles. The van der Waals surface area contributed by atoms with E-state index in [-0.39, 0.29) is 17.4 Å². The monoisotopic (exact) mass is 441 g/mol. The highest BCUT2D eigenvalue weighted by Gasteiger charge is 2.33. The van der Waals surface area contributed by atoms with Crippen LogP contribution in [0.3, 0.4) is 0 Å². The molecule has 0 unspecified atom stereocenters. The second-order valence-electron chi connectivity index (χ2n) is 8.14. The Morgan fingerprint density at radius 2 is 1.87 bits per heavy atom. The molecule has 9 nitrogen and oxygen atoms in total. The van der Waals surface area contributed by atoms with Crippen molar-refractivity contribution in [3.05, 3.63) is 51.8 Å². The maximum atomic E-state index is 13.1. The van der Waals surface area contributed by atoms with Gasteiger partial charge in [-0.3, -0.25) is 14.7 Å². The number of pyridine rings is 1. The minimum atomic E-state index is -3.56. The maximum Gasteiger partial charge on any atom is 0.249 e. The number of nitrogens with one attached hydrogen (secondary N) is 3. The minimum Gasteiger partial charge on any atom is -0.310 e. The number of carbonyl (C=O) groups is 1. The predicted molar refractivity (Wildman–Crippen MR) is 115 cm³/mol. The van der Waals surface area contributed by atoms with E-state index in [9.17, 15) is 18.0 Å². The maximum absolute atomic E-state index is 13.1. The third-order valence-electron chi connectivity index (χ3n) is 6.23. The van der Waals surface area contributed by atoms with Gasteiger partial charge in [0.2, 0.25) is 21.5 Å². The number of piperidine rings is 1. The molecule has 0 saturated carbocycles. The molecule has 1 amide bonds. The molecule has 0 bridgehead atoms. The van der Waals surface area contributed by atoms with Gasteiger partial charge in [-0.1, -0.05) is 6.07 Å². The Labute approximate surface area is 178 Å². The van der Waals surface area contributed by atoms with Gasteiger partial charge in [-0.25, -0.2) is 8.42 Å². The number of H-pyrrole nitrogens is 2. The number of aromatic amines is 2. The van der Waals surface area contributed by atoms with Gasteiger partial charge in [0, 0.05) is 25.1 Å². The second kappa shape index (κ2) is 7.61. The molecule has 2 aliphatic rings. The summed E-state index contributed by atoms with van der Waals surface area (Å²) in [6.07, 6.45) is 3.90. The van der Waals surface area contributed by atoms with Crippen molar-refractivity contribution in [1.82, 2.24) is 19.5 Å². The fourth-order valence-electron chi connectivity index (χ4n) is 4.46. The van der Waals surface area contributed by atoms with Crippen LogP contribution in [0.2, 0.25) is 0 Å². The summed E-state index contributed by atoms with van der Waals surface area (Å²) in [5.74, 6) is -0.0663. The lowest BCUT2D eigenvalue weighted by Crippen LogP contribution is -2.41. The van der Waals surface area contributed by atoms with E-state index >= 15 is 0 Å². The minimum absolute atomic E-state index is 0.189. The van der Waals surface area contributed by atoms with Crippen LogP contribution < -0.4 is 10.9 Å². The smallest absolute Gasteiger partial charge is 0.249 e. The molecule has 1 saturated heterocycles. The molecule has 1 fully saturated rings. The molecule has 0 atom stereocenters. The Morgan fingerprint density at radius 1 is 1.10 bits per heavy atom. The predicted octanol–water partition coefficient (Wildman–Crippen LogP) is 1.78. The van der Waals surface area contributed by atoms with Gasteiger partial charge in [-0.2, -0.15) is 9.40 Å². The number of sulfonamides is 1. The molecule has 3 N–H and O–H groups in total. The summed E-state index contributed by atoms with van der Waals surface area (Å²) in [6.45, 7) is 0.600. The Bertz CT molecular complexity index is 1320. The molecule has 1 aliphatic carbocycles. The lowest BCUT2D eigenvalue weighted by Gasteiger charge is -2.30. The van der Waals surface area contributed by atoms with Crippen molar-refractivity contribution in [2.45, 2.75) is 37.0 Å². The molecular weight excluding hydrogens is 418 g/mol. The summed E-state index contributed by atoms with van der Waals surface area (Å²) >= 11 is 0. The highest BCUT2D eigenvalue weighted by molar-refractivity contribution is 7.89. The zero-order chi connectivity index (χ0) is 21.6. The van der Waals surface area contributed by atoms with Crippen LogP contribution in [0.25, 0.3) is 11.0 Å². The van der Waals surface area contributed by atoms with Crippen LogP contribution in [0.1, 0.15) is 30.4 Å². The standard InChI is InChI=1S/C21H23N5O4S/c27-18-7-6-17-19(22-18)24-25-20(17)23-21(28)14-8-10-26(11-9-14)31(29,30)16-5-4-13-2-1-3-15(13)12-16/h4-7,12,14H,1-3,8-11H2,(H3,22,23,24,25,27,28). The van der Waals surface area contributed by atoms with Crippen LogP contribution >= 0.6 is 0 Å². The van der Waals surface area contributed by atoms with E-state index < -0.39 is 10.0 Å². The van der Waals surface area contributed by atoms with Crippen LogP contribution in [0.15, 0.2) is 40.0 Å². The number of aromatic nitrogens is 3. The van der Waals surface area contributed by atoms with E-state index in [0.29, 0.717) is 47.7 Å². The number of nitrogens with zero attached hydrogens (tertiary/aromatic N) is 2. The lowest BCUT2D eigenvalue weighted by molar-refractivity contribution is -0.120. The Hall–Kier alpha value is -2.98. The molecular formula is C21H23N5O4S. The fourth-order valence-corrected chi connectivity index (χ4v) is 5.98. The lowest BCUT2D eigenvalue weighted by atomic mass is 9.97. The van der Waals surface area contributed by atoms with Gasteiger partial charge in [0.15, 0.2) is 5.65 Å². The number of anilines is 1. The van der Waals surface area contributed by atoms with Crippen LogP contribution in [-0.4, -0.2) is 46.9 Å². The third kappa shape index (κ3) is 3.66. The number of carbonyl (C=O) groups excluding carboxylic acids is 1. The highest BCUT2D eigenvalue weighted by Crippen LogP contribution is 2.29. The summed E-state index contributed by atoms with van der Waals surface area (Å²) in [6, 6.07) is 8.41. The van der Waals surface area contributed by atoms with Crippen molar-refractivity contribution in [3.63, 3.8) is 0 Å². The summed E-state index contributed by atoms with van der Waals surface area (Å²) < 4.78 is 27.6. The van der Waals surface area contributed by atoms with E-state index in [4.69, 9.17) is 0 Å². The van der Waals surface area contributed by atoms with E-state index in [1.807, 2.05) is 12.1 Å². The molecule has 162 valence electrons. The first-order chi connectivity index (χ1) is 14.9. The van der Waals surface area contributed by atoms with Gasteiger partial charge in [-0.15, -0.1) is 0 Å². The van der Waals surface area contributed by atoms with E-state index in [1.165, 1.54) is 15.9 Å². The zero-order valence-corrected chi connectivity index (χ0v) is 17.7. The molecule has 31 heavy (non-hydrogen) atoms. The van der Waals surface area contributed by atoms with Crippen molar-refractivity contribution in [3.8, 4) is 0 Å². The van der Waals surface area contributed by atoms with Crippen LogP contribution in [0.4, 0.5) is 5.82 Å². The normalized spacial score (nSPS) is 17.7. The number of fused-ring (bicyclic) bond motifs is 2. The Kier molecular flexibility index (Phi) is 4.90. The largest absolute Gasteiger partial charge is 0.310 e. The molecule has 1 aromatic carbocycles. The summed E-state index contributed by atoms with van der Waals surface area (Å²) in [7, 11) is -3.56. The first kappa shape index (κ1) is 20.0. The number of benzene rings is 1. The number of hydrogen-bond acceptors (Lipinski definition) is 5. The van der Waals surface area contributed by atoms with E-state index in [0.717, 1.165) is 24.8 Å². The van der Waals surface area contributed by atoms with Crippen LogP contribution in [-0.2, 0) is 27.7 Å². The Morgan fingerprint density at radius 3 is 2.68 bits per heavy atom. The summed E-state index contributed by atoms with van der Waals surface area (Å²) in [5, 5.41) is 10.2. The number of rotatable bonds is 4. The summed E-state index contributed by atoms with van der Waals surface area (Å²) in [4.78, 5) is 27.0. The zero-order valence-electron chi connectivity index (χ0n) is 16.8. The van der Waals surface area contributed by atoms with Gasteiger partial charge in [0.25, 0.3) is 0 Å². The van der Waals surface area contributed by atoms with Crippen molar-refractivity contribution < 1.29 is 13.2 Å². The summed E-state index contributed by atoms with van der Waals surface area (Å²) in [5.41, 5.74) is 2.47. The molecule has 5 rings (SSSR count). The average Bonchev–Trinajstić information content (AvgIpc) is 3.40. The topological polar surface area (TPSA) is 128 Å². The van der Waals surface area contributed by atoms with E-state index in [2.05, 4.69) is 20.5 Å². The molecule has 0 radical (unpaired) electrons.